The lowest BCUT2D eigenvalue weighted by Gasteiger charge is -2.04. The van der Waals surface area contributed by atoms with E-state index in [1.165, 1.54) is 0 Å². The van der Waals surface area contributed by atoms with Crippen LogP contribution in [0.2, 0.25) is 0 Å². The average Bonchev–Trinajstić information content (AvgIpc) is 2.86. The van der Waals surface area contributed by atoms with Crippen molar-refractivity contribution in [1.29, 1.82) is 0 Å². The van der Waals surface area contributed by atoms with E-state index in [-0.39, 0.29) is 18.4 Å². The first-order chi connectivity index (χ1) is 9.20. The van der Waals surface area contributed by atoms with Crippen molar-refractivity contribution in [3.05, 3.63) is 36.2 Å². The Balaban J connectivity index is 1.94. The highest BCUT2D eigenvalue weighted by atomic mass is 16.2. The van der Waals surface area contributed by atoms with E-state index in [1.807, 2.05) is 25.1 Å². The molecule has 2 aromatic rings. The SMILES string of the molecule is CCCNC(=O)CNC(=O)c1cc2ccccn2n1. The largest absolute Gasteiger partial charge is 0.355 e. The van der Waals surface area contributed by atoms with Gasteiger partial charge in [-0.15, -0.1) is 0 Å². The molecule has 0 aliphatic rings. The third-order valence-electron chi connectivity index (χ3n) is 2.58. The number of aromatic nitrogens is 2. The number of nitrogens with one attached hydrogen (secondary N) is 2. The van der Waals surface area contributed by atoms with Crippen LogP contribution in [0.4, 0.5) is 0 Å². The van der Waals surface area contributed by atoms with Crippen molar-refractivity contribution in [3.8, 4) is 0 Å². The summed E-state index contributed by atoms with van der Waals surface area (Å²) in [5, 5.41) is 9.35. The van der Waals surface area contributed by atoms with Gasteiger partial charge in [-0.05, 0) is 24.6 Å². The van der Waals surface area contributed by atoms with Crippen molar-refractivity contribution in [3.63, 3.8) is 0 Å². The van der Waals surface area contributed by atoms with Crippen molar-refractivity contribution >= 4 is 17.3 Å². The second-order valence-electron chi connectivity index (χ2n) is 4.13. The lowest BCUT2D eigenvalue weighted by Crippen LogP contribution is -2.37. The number of carbonyl (C=O) groups is 2. The summed E-state index contributed by atoms with van der Waals surface area (Å²) in [5.41, 5.74) is 1.14. The van der Waals surface area contributed by atoms with Crippen LogP contribution in [0.25, 0.3) is 5.52 Å². The van der Waals surface area contributed by atoms with Crippen LogP contribution in [-0.4, -0.2) is 34.5 Å². The molecule has 0 bridgehead atoms. The van der Waals surface area contributed by atoms with E-state index in [9.17, 15) is 9.59 Å². The second kappa shape index (κ2) is 5.99. The van der Waals surface area contributed by atoms with Gasteiger partial charge in [-0.25, -0.2) is 4.52 Å². The highest BCUT2D eigenvalue weighted by Crippen LogP contribution is 2.05. The van der Waals surface area contributed by atoms with E-state index < -0.39 is 0 Å². The molecular weight excluding hydrogens is 244 g/mol. The van der Waals surface area contributed by atoms with Crippen LogP contribution in [0.3, 0.4) is 0 Å². The minimum absolute atomic E-state index is 0.0350. The lowest BCUT2D eigenvalue weighted by molar-refractivity contribution is -0.120. The Hall–Kier alpha value is -2.37. The molecule has 0 aliphatic carbocycles. The maximum Gasteiger partial charge on any atom is 0.272 e. The zero-order valence-corrected chi connectivity index (χ0v) is 10.7. The third kappa shape index (κ3) is 3.31. The Morgan fingerprint density at radius 2 is 2.16 bits per heavy atom. The first-order valence-corrected chi connectivity index (χ1v) is 6.20. The Labute approximate surface area is 110 Å². The molecule has 6 nitrogen and oxygen atoms in total. The van der Waals surface area contributed by atoms with E-state index >= 15 is 0 Å². The lowest BCUT2D eigenvalue weighted by atomic mass is 10.3. The van der Waals surface area contributed by atoms with Crippen molar-refractivity contribution in [2.45, 2.75) is 13.3 Å². The fraction of sp³-hybridized carbons (Fsp3) is 0.308. The van der Waals surface area contributed by atoms with Crippen molar-refractivity contribution in [2.24, 2.45) is 0 Å². The molecule has 0 saturated heterocycles. The van der Waals surface area contributed by atoms with E-state index in [0.717, 1.165) is 11.9 Å². The highest BCUT2D eigenvalue weighted by molar-refractivity contribution is 5.95. The molecule has 19 heavy (non-hydrogen) atoms. The Morgan fingerprint density at radius 3 is 2.89 bits per heavy atom. The number of nitrogens with zero attached hydrogens (tertiary/aromatic N) is 2. The van der Waals surface area contributed by atoms with E-state index in [0.29, 0.717) is 12.2 Å². The molecule has 2 amide bonds. The summed E-state index contributed by atoms with van der Waals surface area (Å²) in [4.78, 5) is 23.2. The van der Waals surface area contributed by atoms with Gasteiger partial charge in [0, 0.05) is 12.7 Å². The standard InChI is InChI=1S/C13H16N4O2/c1-2-6-14-12(18)9-15-13(19)11-8-10-5-3-4-7-17(10)16-11/h3-5,7-8H,2,6,9H2,1H3,(H,14,18)(H,15,19). The molecule has 0 saturated carbocycles. The first-order valence-electron chi connectivity index (χ1n) is 6.20. The first kappa shape index (κ1) is 13.1. The minimum atomic E-state index is -0.352. The van der Waals surface area contributed by atoms with Gasteiger partial charge in [0.2, 0.25) is 5.91 Å². The zero-order valence-electron chi connectivity index (χ0n) is 10.7. The predicted molar refractivity (Wildman–Crippen MR) is 70.8 cm³/mol. The second-order valence-corrected chi connectivity index (χ2v) is 4.13. The van der Waals surface area contributed by atoms with Crippen molar-refractivity contribution < 1.29 is 9.59 Å². The molecule has 2 N–H and O–H groups in total. The summed E-state index contributed by atoms with van der Waals surface area (Å²) in [7, 11) is 0. The molecule has 0 spiro atoms. The zero-order chi connectivity index (χ0) is 13.7. The van der Waals surface area contributed by atoms with Crippen LogP contribution in [0, 0.1) is 0 Å². The molecule has 2 heterocycles. The molecule has 2 rings (SSSR count). The van der Waals surface area contributed by atoms with Gasteiger partial charge in [0.1, 0.15) is 0 Å². The predicted octanol–water partition coefficient (Wildman–Crippen LogP) is 0.590. The monoisotopic (exact) mass is 260 g/mol. The van der Waals surface area contributed by atoms with Gasteiger partial charge in [0.05, 0.1) is 12.1 Å². The maximum absolute atomic E-state index is 11.8. The smallest absolute Gasteiger partial charge is 0.272 e. The van der Waals surface area contributed by atoms with Gasteiger partial charge >= 0.3 is 0 Å². The number of amides is 2. The number of fused-ring (bicyclic) bond motifs is 1. The van der Waals surface area contributed by atoms with E-state index in [2.05, 4.69) is 15.7 Å². The van der Waals surface area contributed by atoms with Crippen LogP contribution in [0.1, 0.15) is 23.8 Å². The third-order valence-corrected chi connectivity index (χ3v) is 2.58. The molecule has 6 heteroatoms. The Morgan fingerprint density at radius 1 is 1.32 bits per heavy atom. The average molecular weight is 260 g/mol. The van der Waals surface area contributed by atoms with Gasteiger partial charge in [0.15, 0.2) is 5.69 Å². The highest BCUT2D eigenvalue weighted by Gasteiger charge is 2.11. The molecule has 100 valence electrons. The van der Waals surface area contributed by atoms with E-state index in [1.54, 1.807) is 16.8 Å². The molecule has 0 unspecified atom stereocenters. The molecule has 0 aliphatic heterocycles. The fourth-order valence-electron chi connectivity index (χ4n) is 1.63. The summed E-state index contributed by atoms with van der Waals surface area (Å²) in [6, 6.07) is 7.24. The molecule has 0 fully saturated rings. The van der Waals surface area contributed by atoms with Gasteiger partial charge in [0.25, 0.3) is 5.91 Å². The quantitative estimate of drug-likeness (QED) is 0.826. The summed E-state index contributed by atoms with van der Waals surface area (Å²) >= 11 is 0. The minimum Gasteiger partial charge on any atom is -0.355 e. The summed E-state index contributed by atoms with van der Waals surface area (Å²) in [6.07, 6.45) is 2.63. The summed E-state index contributed by atoms with van der Waals surface area (Å²) in [6.45, 7) is 2.55. The van der Waals surface area contributed by atoms with Gasteiger partial charge in [-0.2, -0.15) is 5.10 Å². The summed E-state index contributed by atoms with van der Waals surface area (Å²) < 4.78 is 1.62. The molecule has 2 aromatic heterocycles. The maximum atomic E-state index is 11.8. The number of rotatable bonds is 5. The number of carbonyl (C=O) groups excluding carboxylic acids is 2. The number of hydrogen-bond donors (Lipinski definition) is 2. The van der Waals surface area contributed by atoms with E-state index in [4.69, 9.17) is 0 Å². The molecule has 0 aromatic carbocycles. The molecule has 0 atom stereocenters. The van der Waals surface area contributed by atoms with Gasteiger partial charge in [-0.1, -0.05) is 13.0 Å². The Bertz CT molecular complexity index is 558. The summed E-state index contributed by atoms with van der Waals surface area (Å²) in [5.74, 6) is -0.547. The fourth-order valence-corrected chi connectivity index (χ4v) is 1.63. The van der Waals surface area contributed by atoms with Crippen LogP contribution in [-0.2, 0) is 4.79 Å². The topological polar surface area (TPSA) is 75.5 Å². The van der Waals surface area contributed by atoms with Gasteiger partial charge in [-0.3, -0.25) is 9.59 Å². The normalized spacial score (nSPS) is 10.4. The molecular formula is C13H16N4O2. The van der Waals surface area contributed by atoms with Crippen LogP contribution >= 0.6 is 0 Å². The van der Waals surface area contributed by atoms with Crippen molar-refractivity contribution in [1.82, 2.24) is 20.2 Å². The van der Waals surface area contributed by atoms with Crippen molar-refractivity contribution in [2.75, 3.05) is 13.1 Å². The van der Waals surface area contributed by atoms with Crippen LogP contribution in [0.15, 0.2) is 30.5 Å². The van der Waals surface area contributed by atoms with Crippen LogP contribution in [0.5, 0.6) is 0 Å². The number of pyridine rings is 1. The Kier molecular flexibility index (Phi) is 4.12. The molecule has 0 radical (unpaired) electrons. The van der Waals surface area contributed by atoms with Crippen LogP contribution < -0.4 is 10.6 Å². The number of hydrogen-bond acceptors (Lipinski definition) is 3. The van der Waals surface area contributed by atoms with Gasteiger partial charge < -0.3 is 10.6 Å².